The molecule has 1 N–H and O–H groups in total. The van der Waals surface area contributed by atoms with E-state index < -0.39 is 17.8 Å². The molecule has 0 fully saturated rings. The molecule has 31 heavy (non-hydrogen) atoms. The standard InChI is InChI=1S/C23H24F3N3O2/c1-16-15-20(28-31-16)29(21(22(30)27-2)18-8-4-3-5-9-18)14-6-7-17-10-12-19(13-11-17)23(24,25)26/h3-5,8-13,15,21H,6-7,14H2,1-2H3,(H,27,30). The van der Waals surface area contributed by atoms with Gasteiger partial charge in [-0.05, 0) is 43.0 Å². The van der Waals surface area contributed by atoms with E-state index >= 15 is 0 Å². The van der Waals surface area contributed by atoms with E-state index in [1.165, 1.54) is 12.1 Å². The van der Waals surface area contributed by atoms with Crippen LogP contribution in [0.3, 0.4) is 0 Å². The van der Waals surface area contributed by atoms with Crippen LogP contribution in [0.1, 0.15) is 34.9 Å². The Kier molecular flexibility index (Phi) is 6.99. The van der Waals surface area contributed by atoms with Crippen LogP contribution >= 0.6 is 0 Å². The van der Waals surface area contributed by atoms with Crippen LogP contribution in [0.25, 0.3) is 0 Å². The van der Waals surface area contributed by atoms with Gasteiger partial charge in [0.25, 0.3) is 0 Å². The molecular weight excluding hydrogens is 407 g/mol. The maximum Gasteiger partial charge on any atom is 0.416 e. The van der Waals surface area contributed by atoms with Crippen molar-refractivity contribution in [2.45, 2.75) is 32.0 Å². The molecule has 0 aliphatic heterocycles. The van der Waals surface area contributed by atoms with E-state index in [4.69, 9.17) is 4.52 Å². The number of rotatable bonds is 8. The number of benzene rings is 2. The highest BCUT2D eigenvalue weighted by Gasteiger charge is 2.30. The third-order valence-corrected chi connectivity index (χ3v) is 4.98. The molecule has 1 atom stereocenters. The summed E-state index contributed by atoms with van der Waals surface area (Å²) in [4.78, 5) is 14.6. The first-order valence-electron chi connectivity index (χ1n) is 9.92. The zero-order valence-electron chi connectivity index (χ0n) is 17.3. The highest BCUT2D eigenvalue weighted by molar-refractivity contribution is 5.86. The van der Waals surface area contributed by atoms with E-state index in [1.54, 1.807) is 20.0 Å². The zero-order valence-corrected chi connectivity index (χ0v) is 17.3. The van der Waals surface area contributed by atoms with Crippen molar-refractivity contribution in [3.63, 3.8) is 0 Å². The molecular formula is C23H24F3N3O2. The number of carbonyl (C=O) groups excluding carboxylic acids is 1. The van der Waals surface area contributed by atoms with E-state index in [2.05, 4.69) is 10.5 Å². The number of likely N-dealkylation sites (N-methyl/N-ethyl adjacent to an activating group) is 1. The van der Waals surface area contributed by atoms with Crippen molar-refractivity contribution in [1.82, 2.24) is 10.5 Å². The summed E-state index contributed by atoms with van der Waals surface area (Å²) in [5.74, 6) is 0.954. The number of nitrogens with one attached hydrogen (secondary N) is 1. The normalized spacial score (nSPS) is 12.4. The summed E-state index contributed by atoms with van der Waals surface area (Å²) >= 11 is 0. The summed E-state index contributed by atoms with van der Waals surface area (Å²) in [6.07, 6.45) is -3.19. The van der Waals surface area contributed by atoms with Gasteiger partial charge in [-0.2, -0.15) is 13.2 Å². The number of hydrogen-bond donors (Lipinski definition) is 1. The Bertz CT molecular complexity index is 985. The minimum Gasteiger partial charge on any atom is -0.360 e. The van der Waals surface area contributed by atoms with Gasteiger partial charge in [-0.3, -0.25) is 4.79 Å². The predicted octanol–water partition coefficient (Wildman–Crippen LogP) is 4.93. The lowest BCUT2D eigenvalue weighted by Crippen LogP contribution is -2.40. The van der Waals surface area contributed by atoms with Crippen LogP contribution in [0, 0.1) is 6.92 Å². The number of carbonyl (C=O) groups is 1. The van der Waals surface area contributed by atoms with Gasteiger partial charge < -0.3 is 14.7 Å². The average Bonchev–Trinajstić information content (AvgIpc) is 3.19. The Labute approximate surface area is 178 Å². The highest BCUT2D eigenvalue weighted by atomic mass is 19.4. The third kappa shape index (κ3) is 5.65. The summed E-state index contributed by atoms with van der Waals surface area (Å²) in [7, 11) is 1.58. The van der Waals surface area contributed by atoms with Crippen molar-refractivity contribution < 1.29 is 22.5 Å². The monoisotopic (exact) mass is 431 g/mol. The van der Waals surface area contributed by atoms with Crippen LogP contribution in [0.15, 0.2) is 65.2 Å². The van der Waals surface area contributed by atoms with Gasteiger partial charge >= 0.3 is 6.18 Å². The van der Waals surface area contributed by atoms with Crippen molar-refractivity contribution in [1.29, 1.82) is 0 Å². The van der Waals surface area contributed by atoms with E-state index in [1.807, 2.05) is 35.2 Å². The molecule has 1 amide bonds. The van der Waals surface area contributed by atoms with Crippen molar-refractivity contribution in [3.8, 4) is 0 Å². The first-order chi connectivity index (χ1) is 14.8. The van der Waals surface area contributed by atoms with Crippen molar-refractivity contribution in [3.05, 3.63) is 83.1 Å². The molecule has 164 valence electrons. The fourth-order valence-electron chi connectivity index (χ4n) is 3.42. The number of amides is 1. The summed E-state index contributed by atoms with van der Waals surface area (Å²) < 4.78 is 43.5. The number of aromatic nitrogens is 1. The Morgan fingerprint density at radius 3 is 2.35 bits per heavy atom. The first-order valence-corrected chi connectivity index (χ1v) is 9.92. The zero-order chi connectivity index (χ0) is 22.4. The average molecular weight is 431 g/mol. The lowest BCUT2D eigenvalue weighted by molar-refractivity contribution is -0.137. The van der Waals surface area contributed by atoms with Crippen LogP contribution in [-0.2, 0) is 17.4 Å². The molecule has 0 bridgehead atoms. The largest absolute Gasteiger partial charge is 0.416 e. The number of halogens is 3. The van der Waals surface area contributed by atoms with Gasteiger partial charge in [-0.15, -0.1) is 0 Å². The fourth-order valence-corrected chi connectivity index (χ4v) is 3.42. The lowest BCUT2D eigenvalue weighted by Gasteiger charge is -2.30. The quantitative estimate of drug-likeness (QED) is 0.550. The second-order valence-electron chi connectivity index (χ2n) is 7.21. The molecule has 8 heteroatoms. The van der Waals surface area contributed by atoms with Gasteiger partial charge in [0.05, 0.1) is 5.56 Å². The molecule has 0 saturated heterocycles. The maximum absolute atomic E-state index is 12.8. The van der Waals surface area contributed by atoms with E-state index in [0.717, 1.165) is 23.3 Å². The molecule has 5 nitrogen and oxygen atoms in total. The summed E-state index contributed by atoms with van der Waals surface area (Å²) in [6.45, 7) is 2.23. The maximum atomic E-state index is 12.8. The van der Waals surface area contributed by atoms with Crippen LogP contribution in [0.4, 0.5) is 19.0 Å². The predicted molar refractivity (Wildman–Crippen MR) is 112 cm³/mol. The van der Waals surface area contributed by atoms with Crippen molar-refractivity contribution >= 4 is 11.7 Å². The van der Waals surface area contributed by atoms with Gasteiger partial charge in [-0.25, -0.2) is 0 Å². The van der Waals surface area contributed by atoms with E-state index in [0.29, 0.717) is 31.0 Å². The summed E-state index contributed by atoms with van der Waals surface area (Å²) in [6, 6.07) is 15.6. The lowest BCUT2D eigenvalue weighted by atomic mass is 10.0. The first kappa shape index (κ1) is 22.4. The minimum absolute atomic E-state index is 0.193. The Balaban J connectivity index is 1.80. The van der Waals surface area contributed by atoms with Gasteiger partial charge in [0.1, 0.15) is 11.8 Å². The molecule has 3 aromatic rings. The number of nitrogens with zero attached hydrogens (tertiary/aromatic N) is 2. The summed E-state index contributed by atoms with van der Waals surface area (Å²) in [5.41, 5.74) is 0.928. The van der Waals surface area contributed by atoms with Crippen LogP contribution < -0.4 is 10.2 Å². The molecule has 2 aromatic carbocycles. The Hall–Kier alpha value is -3.29. The molecule has 1 heterocycles. The topological polar surface area (TPSA) is 58.4 Å². The van der Waals surface area contributed by atoms with E-state index in [-0.39, 0.29) is 5.91 Å². The molecule has 1 unspecified atom stereocenters. The molecule has 3 rings (SSSR count). The molecule has 0 aliphatic carbocycles. The second kappa shape index (κ2) is 9.68. The number of alkyl halides is 3. The molecule has 0 aliphatic rings. The molecule has 1 aromatic heterocycles. The summed E-state index contributed by atoms with van der Waals surface area (Å²) in [5, 5.41) is 6.79. The molecule has 0 radical (unpaired) electrons. The third-order valence-electron chi connectivity index (χ3n) is 4.98. The molecule has 0 spiro atoms. The fraction of sp³-hybridized carbons (Fsp3) is 0.304. The van der Waals surface area contributed by atoms with Gasteiger partial charge in [0.2, 0.25) is 5.91 Å². The second-order valence-corrected chi connectivity index (χ2v) is 7.21. The van der Waals surface area contributed by atoms with Crippen molar-refractivity contribution in [2.75, 3.05) is 18.5 Å². The van der Waals surface area contributed by atoms with Crippen LogP contribution in [0.5, 0.6) is 0 Å². The number of aryl methyl sites for hydroxylation is 2. The highest BCUT2D eigenvalue weighted by Crippen LogP contribution is 2.30. The Morgan fingerprint density at radius 1 is 1.13 bits per heavy atom. The SMILES string of the molecule is CNC(=O)C(c1ccccc1)N(CCCc1ccc(C(F)(F)F)cc1)c1cc(C)on1. The minimum atomic E-state index is -4.35. The van der Waals surface area contributed by atoms with Gasteiger partial charge in [0.15, 0.2) is 5.82 Å². The van der Waals surface area contributed by atoms with Gasteiger partial charge in [0, 0.05) is 19.7 Å². The number of hydrogen-bond acceptors (Lipinski definition) is 4. The van der Waals surface area contributed by atoms with Crippen LogP contribution in [-0.4, -0.2) is 24.7 Å². The van der Waals surface area contributed by atoms with Gasteiger partial charge in [-0.1, -0.05) is 47.6 Å². The van der Waals surface area contributed by atoms with Crippen LogP contribution in [0.2, 0.25) is 0 Å². The van der Waals surface area contributed by atoms with Crippen molar-refractivity contribution in [2.24, 2.45) is 0 Å². The van der Waals surface area contributed by atoms with E-state index in [9.17, 15) is 18.0 Å². The number of anilines is 1. The Morgan fingerprint density at radius 2 is 1.81 bits per heavy atom. The smallest absolute Gasteiger partial charge is 0.360 e. The molecule has 0 saturated carbocycles.